The Balaban J connectivity index is 2.86. The molecule has 0 saturated heterocycles. The smallest absolute Gasteiger partial charge is 0.312 e. The van der Waals surface area contributed by atoms with E-state index in [2.05, 4.69) is 19.2 Å². The molecule has 0 aliphatic carbocycles. The van der Waals surface area contributed by atoms with E-state index in [-0.39, 0.29) is 6.04 Å². The van der Waals surface area contributed by atoms with Gasteiger partial charge in [-0.25, -0.2) is 0 Å². The molecule has 1 aromatic rings. The zero-order chi connectivity index (χ0) is 14.5. The van der Waals surface area contributed by atoms with E-state index in [1.165, 1.54) is 6.07 Å². The van der Waals surface area contributed by atoms with Gasteiger partial charge in [0, 0.05) is 11.8 Å². The van der Waals surface area contributed by atoms with Gasteiger partial charge in [0.2, 0.25) is 0 Å². The first-order valence-electron chi connectivity index (χ1n) is 6.27. The molecule has 1 nitrogen and oxygen atoms in total. The minimum Gasteiger partial charge on any atom is -0.312 e. The number of thioether (sulfide) groups is 1. The van der Waals surface area contributed by atoms with Crippen molar-refractivity contribution in [2.75, 3.05) is 18.6 Å². The lowest BCUT2D eigenvalue weighted by molar-refractivity contribution is -0.138. The second-order valence-corrected chi connectivity index (χ2v) is 5.93. The van der Waals surface area contributed by atoms with Crippen LogP contribution in [0.4, 0.5) is 13.2 Å². The van der Waals surface area contributed by atoms with Crippen molar-refractivity contribution in [2.24, 2.45) is 5.92 Å². The third-order valence-corrected chi connectivity index (χ3v) is 4.20. The van der Waals surface area contributed by atoms with Gasteiger partial charge in [0.1, 0.15) is 0 Å². The molecule has 0 aliphatic rings. The van der Waals surface area contributed by atoms with E-state index in [4.69, 9.17) is 0 Å². The first-order chi connectivity index (χ1) is 8.86. The second-order valence-electron chi connectivity index (χ2n) is 4.86. The van der Waals surface area contributed by atoms with Crippen molar-refractivity contribution >= 4 is 11.8 Å². The van der Waals surface area contributed by atoms with Gasteiger partial charge >= 0.3 is 6.18 Å². The maximum atomic E-state index is 13.0. The molecule has 1 atom stereocenters. The van der Waals surface area contributed by atoms with Gasteiger partial charge in [-0.2, -0.15) is 24.9 Å². The van der Waals surface area contributed by atoms with Crippen LogP contribution in [0.15, 0.2) is 24.3 Å². The summed E-state index contributed by atoms with van der Waals surface area (Å²) in [7, 11) is 1.70. The van der Waals surface area contributed by atoms with Crippen molar-refractivity contribution in [3.8, 4) is 0 Å². The summed E-state index contributed by atoms with van der Waals surface area (Å²) in [6.45, 7) is 4.20. The van der Waals surface area contributed by atoms with Crippen LogP contribution in [0.3, 0.4) is 0 Å². The molecule has 1 aromatic carbocycles. The fourth-order valence-electron chi connectivity index (χ4n) is 1.81. The third-order valence-electron chi connectivity index (χ3n) is 2.73. The summed E-state index contributed by atoms with van der Waals surface area (Å²) >= 11 is 1.68. The van der Waals surface area contributed by atoms with E-state index >= 15 is 0 Å². The molecule has 0 aromatic heterocycles. The van der Waals surface area contributed by atoms with Crippen molar-refractivity contribution < 1.29 is 13.2 Å². The SMILES string of the molecule is CNC(CSCC(C)C)c1ccccc1C(F)(F)F. The summed E-state index contributed by atoms with van der Waals surface area (Å²) in [5.74, 6) is 2.13. The third kappa shape index (κ3) is 5.07. The van der Waals surface area contributed by atoms with Crippen LogP contribution < -0.4 is 5.32 Å². The molecule has 0 amide bonds. The molecule has 0 fully saturated rings. The van der Waals surface area contributed by atoms with Gasteiger partial charge in [-0.05, 0) is 30.3 Å². The maximum absolute atomic E-state index is 13.0. The predicted octanol–water partition coefficient (Wildman–Crippen LogP) is 4.36. The number of halogens is 3. The van der Waals surface area contributed by atoms with Crippen LogP contribution in [0.2, 0.25) is 0 Å². The van der Waals surface area contributed by atoms with Crippen molar-refractivity contribution in [3.63, 3.8) is 0 Å². The van der Waals surface area contributed by atoms with Gasteiger partial charge in [0.25, 0.3) is 0 Å². The molecule has 1 rings (SSSR count). The Morgan fingerprint density at radius 1 is 1.16 bits per heavy atom. The molecule has 1 N–H and O–H groups in total. The van der Waals surface area contributed by atoms with Gasteiger partial charge in [0.15, 0.2) is 0 Å². The van der Waals surface area contributed by atoms with Crippen molar-refractivity contribution in [1.29, 1.82) is 0 Å². The molecule has 108 valence electrons. The van der Waals surface area contributed by atoms with E-state index in [9.17, 15) is 13.2 Å². The zero-order valence-corrected chi connectivity index (χ0v) is 12.2. The molecule has 19 heavy (non-hydrogen) atoms. The van der Waals surface area contributed by atoms with Gasteiger partial charge in [0.05, 0.1) is 5.56 Å². The summed E-state index contributed by atoms with van der Waals surface area (Å²) in [6, 6.07) is 5.51. The quantitative estimate of drug-likeness (QED) is 0.836. The molecule has 0 bridgehead atoms. The van der Waals surface area contributed by atoms with Crippen LogP contribution in [0.5, 0.6) is 0 Å². The highest BCUT2D eigenvalue weighted by molar-refractivity contribution is 7.99. The Hall–Kier alpha value is -0.680. The Morgan fingerprint density at radius 3 is 2.32 bits per heavy atom. The van der Waals surface area contributed by atoms with Gasteiger partial charge in [-0.1, -0.05) is 32.0 Å². The van der Waals surface area contributed by atoms with Crippen LogP contribution in [-0.4, -0.2) is 18.6 Å². The lowest BCUT2D eigenvalue weighted by atomic mass is 10.0. The number of alkyl halides is 3. The van der Waals surface area contributed by atoms with E-state index in [1.54, 1.807) is 30.9 Å². The molecule has 5 heteroatoms. The maximum Gasteiger partial charge on any atom is 0.416 e. The van der Waals surface area contributed by atoms with Crippen molar-refractivity contribution in [1.82, 2.24) is 5.32 Å². The Morgan fingerprint density at radius 2 is 1.79 bits per heavy atom. The molecule has 1 unspecified atom stereocenters. The number of hydrogen-bond acceptors (Lipinski definition) is 2. The lowest BCUT2D eigenvalue weighted by Crippen LogP contribution is -2.23. The van der Waals surface area contributed by atoms with Crippen LogP contribution in [0.1, 0.15) is 31.0 Å². The highest BCUT2D eigenvalue weighted by Crippen LogP contribution is 2.35. The first-order valence-corrected chi connectivity index (χ1v) is 7.42. The van der Waals surface area contributed by atoms with Crippen LogP contribution in [0, 0.1) is 5.92 Å². The summed E-state index contributed by atoms with van der Waals surface area (Å²) in [6.07, 6.45) is -4.30. The van der Waals surface area contributed by atoms with Crippen LogP contribution >= 0.6 is 11.8 Å². The molecular formula is C14H20F3NS. The second kappa shape index (κ2) is 7.20. The average molecular weight is 291 g/mol. The fourth-order valence-corrected chi connectivity index (χ4v) is 3.00. The van der Waals surface area contributed by atoms with Crippen LogP contribution in [-0.2, 0) is 6.18 Å². The summed E-state index contributed by atoms with van der Waals surface area (Å²) in [4.78, 5) is 0. The Kier molecular flexibility index (Phi) is 6.20. The zero-order valence-electron chi connectivity index (χ0n) is 11.4. The van der Waals surface area contributed by atoms with E-state index in [0.29, 0.717) is 17.2 Å². The number of benzene rings is 1. The van der Waals surface area contributed by atoms with E-state index in [1.807, 2.05) is 0 Å². The topological polar surface area (TPSA) is 12.0 Å². The Bertz CT molecular complexity index is 391. The standard InChI is InChI=1S/C14H20F3NS/c1-10(2)8-19-9-13(18-3)11-6-4-5-7-12(11)14(15,16)17/h4-7,10,13,18H,8-9H2,1-3H3. The molecule has 0 spiro atoms. The average Bonchev–Trinajstić information content (AvgIpc) is 2.33. The summed E-state index contributed by atoms with van der Waals surface area (Å²) < 4.78 is 38.9. The monoisotopic (exact) mass is 291 g/mol. The highest BCUT2D eigenvalue weighted by atomic mass is 32.2. The Labute approximate surface area is 117 Å². The van der Waals surface area contributed by atoms with Gasteiger partial charge in [-0.3, -0.25) is 0 Å². The minimum atomic E-state index is -4.30. The van der Waals surface area contributed by atoms with E-state index < -0.39 is 11.7 Å². The molecule has 0 saturated carbocycles. The number of hydrogen-bond donors (Lipinski definition) is 1. The number of rotatable bonds is 6. The first kappa shape index (κ1) is 16.4. The molecule has 0 heterocycles. The molecule has 0 aliphatic heterocycles. The summed E-state index contributed by atoms with van der Waals surface area (Å²) in [5.41, 5.74) is -0.215. The highest BCUT2D eigenvalue weighted by Gasteiger charge is 2.34. The van der Waals surface area contributed by atoms with Gasteiger partial charge < -0.3 is 5.32 Å². The minimum absolute atomic E-state index is 0.276. The number of nitrogens with one attached hydrogen (secondary N) is 1. The largest absolute Gasteiger partial charge is 0.416 e. The van der Waals surface area contributed by atoms with Gasteiger partial charge in [-0.15, -0.1) is 0 Å². The summed E-state index contributed by atoms with van der Waals surface area (Å²) in [5, 5.41) is 2.98. The lowest BCUT2D eigenvalue weighted by Gasteiger charge is -2.21. The normalized spacial score (nSPS) is 13.8. The molecule has 0 radical (unpaired) electrons. The van der Waals surface area contributed by atoms with Crippen LogP contribution in [0.25, 0.3) is 0 Å². The predicted molar refractivity (Wildman–Crippen MR) is 75.4 cm³/mol. The van der Waals surface area contributed by atoms with Crippen molar-refractivity contribution in [3.05, 3.63) is 35.4 Å². The van der Waals surface area contributed by atoms with E-state index in [0.717, 1.165) is 11.8 Å². The molecular weight excluding hydrogens is 271 g/mol. The fraction of sp³-hybridized carbons (Fsp3) is 0.571. The van der Waals surface area contributed by atoms with Crippen molar-refractivity contribution in [2.45, 2.75) is 26.1 Å².